The highest BCUT2D eigenvalue weighted by Crippen LogP contribution is 2.43. The molecule has 3 heterocycles. The highest BCUT2D eigenvalue weighted by molar-refractivity contribution is 7.90. The minimum Gasteiger partial charge on any atom is -0.477 e. The Kier molecular flexibility index (Phi) is 9.66. The molecule has 254 valence electrons. The topological polar surface area (TPSA) is 109 Å². The largest absolute Gasteiger partial charge is 0.477 e. The van der Waals surface area contributed by atoms with E-state index >= 15 is 0 Å². The van der Waals surface area contributed by atoms with Crippen molar-refractivity contribution in [3.05, 3.63) is 59.9 Å². The maximum absolute atomic E-state index is 13.7. The number of alkyl halides is 3. The summed E-state index contributed by atoms with van der Waals surface area (Å²) >= 11 is 0. The number of ether oxygens (including phenoxy) is 2. The van der Waals surface area contributed by atoms with Crippen LogP contribution >= 0.6 is 0 Å². The smallest absolute Gasteiger partial charge is 0.406 e. The van der Waals surface area contributed by atoms with Crippen LogP contribution in [-0.4, -0.2) is 75.8 Å². The Morgan fingerprint density at radius 3 is 2.60 bits per heavy atom. The molecule has 2 saturated heterocycles. The van der Waals surface area contributed by atoms with Crippen LogP contribution in [-0.2, 0) is 21.1 Å². The monoisotopic (exact) mass is 681 g/mol. The summed E-state index contributed by atoms with van der Waals surface area (Å²) in [5, 5.41) is 16.1. The fraction of sp³-hybridized carbons (Fsp3) is 0.457. The molecule has 0 saturated carbocycles. The molecular weight excluding hydrogens is 643 g/mol. The first kappa shape index (κ1) is 33.7. The van der Waals surface area contributed by atoms with Crippen molar-refractivity contribution in [3.63, 3.8) is 0 Å². The van der Waals surface area contributed by atoms with Gasteiger partial charge in [-0.3, -0.25) is 4.90 Å². The van der Waals surface area contributed by atoms with E-state index < -0.39 is 22.6 Å². The highest BCUT2D eigenvalue weighted by Gasteiger charge is 2.46. The summed E-state index contributed by atoms with van der Waals surface area (Å²) in [6, 6.07) is 13.5. The van der Waals surface area contributed by atoms with Gasteiger partial charge in [-0.1, -0.05) is 18.1 Å². The van der Waals surface area contributed by atoms with Crippen LogP contribution in [0.3, 0.4) is 0 Å². The average Bonchev–Trinajstić information content (AvgIpc) is 3.38. The zero-order valence-corrected chi connectivity index (χ0v) is 27.5. The summed E-state index contributed by atoms with van der Waals surface area (Å²) in [7, 11) is -3.51. The lowest BCUT2D eigenvalue weighted by molar-refractivity contribution is -0.140. The molecule has 1 aliphatic carbocycles. The Balaban J connectivity index is 1.17. The summed E-state index contributed by atoms with van der Waals surface area (Å²) in [5.74, 6) is 5.92. The molecule has 0 bridgehead atoms. The molecule has 1 atom stereocenters. The van der Waals surface area contributed by atoms with Crippen LogP contribution < -0.4 is 15.4 Å². The molecule has 13 heteroatoms. The number of nitriles is 1. The summed E-state index contributed by atoms with van der Waals surface area (Å²) < 4.78 is 77.3. The van der Waals surface area contributed by atoms with Crippen LogP contribution in [0.4, 0.5) is 24.5 Å². The van der Waals surface area contributed by atoms with Gasteiger partial charge < -0.3 is 24.7 Å². The number of rotatable bonds is 9. The first-order valence-corrected chi connectivity index (χ1v) is 17.9. The minimum absolute atomic E-state index is 0.0246. The molecule has 2 fully saturated rings. The number of nitrogens with zero attached hydrogens (tertiary/aromatic N) is 3. The van der Waals surface area contributed by atoms with Gasteiger partial charge in [0.25, 0.3) is 0 Å². The summed E-state index contributed by atoms with van der Waals surface area (Å²) in [4.78, 5) is 2.61. The Labute approximate surface area is 278 Å². The van der Waals surface area contributed by atoms with E-state index in [4.69, 9.17) is 14.7 Å². The van der Waals surface area contributed by atoms with Crippen LogP contribution in [0.25, 0.3) is 10.9 Å². The normalized spacial score (nSPS) is 19.5. The predicted octanol–water partition coefficient (Wildman–Crippen LogP) is 5.93. The van der Waals surface area contributed by atoms with Gasteiger partial charge in [0.1, 0.15) is 18.4 Å². The van der Waals surface area contributed by atoms with E-state index in [0.29, 0.717) is 28.0 Å². The zero-order chi connectivity index (χ0) is 33.9. The second kappa shape index (κ2) is 13.7. The lowest BCUT2D eigenvalue weighted by Gasteiger charge is -2.55. The van der Waals surface area contributed by atoms with Crippen molar-refractivity contribution in [1.82, 2.24) is 9.47 Å². The highest BCUT2D eigenvalue weighted by atomic mass is 32.2. The number of aromatic nitrogens is 1. The number of nitrogens with one attached hydrogen (secondary N) is 2. The number of hydrogen-bond acceptors (Lipinski definition) is 8. The standard InChI is InChI=1S/C35H38F3N5O4S/c1-48(44,45)28-11-12-31(33(21-28)47-19-15-39)40-16-3-4-27-20-29-30(5-2-6-32(29)43(27)24-35(36,37)38)41-25-7-9-26(10-8-25)42-22-34(23-42)13-17-46-18-14-34/h2,5-7,11-12,20-21,26,40-41H,8-10,13-14,16-19,22-24H2,1H3/t26-/m1/s1. The number of likely N-dealkylation sites (tertiary alicyclic amines) is 1. The zero-order valence-electron chi connectivity index (χ0n) is 26.7. The molecule has 1 aromatic heterocycles. The number of anilines is 2. The van der Waals surface area contributed by atoms with Crippen LogP contribution in [0, 0.1) is 28.6 Å². The van der Waals surface area contributed by atoms with E-state index in [0.717, 1.165) is 76.0 Å². The molecule has 0 amide bonds. The van der Waals surface area contributed by atoms with Gasteiger partial charge in [-0.15, -0.1) is 0 Å². The van der Waals surface area contributed by atoms with Crippen molar-refractivity contribution in [3.8, 4) is 23.7 Å². The third-order valence-electron chi connectivity index (χ3n) is 9.37. The summed E-state index contributed by atoms with van der Waals surface area (Å²) in [6.45, 7) is 2.52. The lowest BCUT2D eigenvalue weighted by atomic mass is 9.72. The molecule has 0 radical (unpaired) electrons. The third kappa shape index (κ3) is 7.75. The molecule has 2 aliphatic heterocycles. The van der Waals surface area contributed by atoms with Crippen molar-refractivity contribution < 1.29 is 31.1 Å². The van der Waals surface area contributed by atoms with E-state index in [1.54, 1.807) is 18.2 Å². The van der Waals surface area contributed by atoms with Crippen molar-refractivity contribution >= 4 is 32.1 Å². The van der Waals surface area contributed by atoms with Gasteiger partial charge in [-0.05, 0) is 68.4 Å². The maximum atomic E-state index is 13.7. The SMILES string of the molecule is CS(=O)(=O)c1ccc(NCC#Cc2cc3c(NC4=CC[C@@H](N5CC6(CCOCC6)C5)CC4)cccc3n2CC(F)(F)F)c(OCC#N)c1. The van der Waals surface area contributed by atoms with Crippen molar-refractivity contribution in [2.24, 2.45) is 5.41 Å². The Morgan fingerprint density at radius 1 is 1.12 bits per heavy atom. The first-order chi connectivity index (χ1) is 22.9. The van der Waals surface area contributed by atoms with Crippen LogP contribution in [0.15, 0.2) is 59.1 Å². The summed E-state index contributed by atoms with van der Waals surface area (Å²) in [5.41, 5.74) is 3.26. The van der Waals surface area contributed by atoms with Gasteiger partial charge in [0.05, 0.1) is 28.3 Å². The van der Waals surface area contributed by atoms with Gasteiger partial charge in [-0.2, -0.15) is 18.4 Å². The quantitative estimate of drug-likeness (QED) is 0.268. The number of fused-ring (bicyclic) bond motifs is 1. The van der Waals surface area contributed by atoms with Crippen LogP contribution in [0.1, 0.15) is 37.8 Å². The Hall–Kier alpha value is -4.17. The molecule has 6 rings (SSSR count). The van der Waals surface area contributed by atoms with E-state index in [9.17, 15) is 21.6 Å². The third-order valence-corrected chi connectivity index (χ3v) is 10.5. The maximum Gasteiger partial charge on any atom is 0.406 e. The average molecular weight is 682 g/mol. The molecule has 48 heavy (non-hydrogen) atoms. The number of benzene rings is 2. The van der Waals surface area contributed by atoms with Gasteiger partial charge in [-0.25, -0.2) is 8.42 Å². The summed E-state index contributed by atoms with van der Waals surface area (Å²) in [6.07, 6.45) is 3.93. The van der Waals surface area contributed by atoms with Crippen LogP contribution in [0.5, 0.6) is 5.75 Å². The fourth-order valence-corrected chi connectivity index (χ4v) is 7.50. The fourth-order valence-electron chi connectivity index (χ4n) is 6.86. The first-order valence-electron chi connectivity index (χ1n) is 16.0. The Morgan fingerprint density at radius 2 is 1.92 bits per heavy atom. The predicted molar refractivity (Wildman–Crippen MR) is 177 cm³/mol. The number of halogens is 3. The molecular formula is C35H38F3N5O4S. The van der Waals surface area contributed by atoms with Gasteiger partial charge in [0.2, 0.25) is 0 Å². The second-order valence-electron chi connectivity index (χ2n) is 12.8. The second-order valence-corrected chi connectivity index (χ2v) is 14.8. The van der Waals surface area contributed by atoms with E-state index in [2.05, 4.69) is 33.5 Å². The van der Waals surface area contributed by atoms with Crippen LogP contribution in [0.2, 0.25) is 0 Å². The van der Waals surface area contributed by atoms with E-state index in [1.165, 1.54) is 22.8 Å². The molecule has 1 spiro atoms. The van der Waals surface area contributed by atoms with E-state index in [1.807, 2.05) is 12.1 Å². The number of hydrogen-bond donors (Lipinski definition) is 2. The molecule has 9 nitrogen and oxygen atoms in total. The Bertz CT molecular complexity index is 1910. The molecule has 0 unspecified atom stereocenters. The van der Waals surface area contributed by atoms with Gasteiger partial charge in [0, 0.05) is 66.9 Å². The number of sulfone groups is 1. The minimum atomic E-state index is -4.46. The van der Waals surface area contributed by atoms with Gasteiger partial charge in [0.15, 0.2) is 16.4 Å². The van der Waals surface area contributed by atoms with E-state index in [-0.39, 0.29) is 29.5 Å². The molecule has 2 N–H and O–H groups in total. The molecule has 2 aromatic carbocycles. The van der Waals surface area contributed by atoms with Crippen molar-refractivity contribution in [1.29, 1.82) is 5.26 Å². The molecule has 3 aliphatic rings. The van der Waals surface area contributed by atoms with Crippen molar-refractivity contribution in [2.45, 2.75) is 55.8 Å². The lowest BCUT2D eigenvalue weighted by Crippen LogP contribution is -2.61. The van der Waals surface area contributed by atoms with Crippen molar-refractivity contribution in [2.75, 3.05) is 56.3 Å². The van der Waals surface area contributed by atoms with Gasteiger partial charge >= 0.3 is 6.18 Å². The molecule has 3 aromatic rings. The number of allylic oxidation sites excluding steroid dienone is 1.